The monoisotopic (exact) mass is 1310 g/mol. The van der Waals surface area contributed by atoms with Gasteiger partial charge in [-0.05, 0) is 6.92 Å². The average molecular weight is 1310 g/mol. The zero-order valence-corrected chi connectivity index (χ0v) is 46.9. The summed E-state index contributed by atoms with van der Waals surface area (Å²) in [6.45, 7) is -5.33. The molecule has 9 fully saturated rings. The van der Waals surface area contributed by atoms with Crippen LogP contribution in [0.1, 0.15) is 6.92 Å². The van der Waals surface area contributed by atoms with Crippen LogP contribution in [0, 0.1) is 0 Å². The minimum Gasteiger partial charge on any atom is -0.394 e. The van der Waals surface area contributed by atoms with Gasteiger partial charge in [-0.2, -0.15) is 0 Å². The number of hydrogen-bond donors (Lipinski definition) is 26. The van der Waals surface area contributed by atoms with Crippen LogP contribution in [0.2, 0.25) is 0 Å². The summed E-state index contributed by atoms with van der Waals surface area (Å²) < 4.78 is 78.8. The van der Waals surface area contributed by atoms with Crippen molar-refractivity contribution in [3.63, 3.8) is 0 Å². The molecule has 8 heterocycles. The summed E-state index contributed by atoms with van der Waals surface area (Å²) in [6, 6.07) is -2.85. The second-order valence-corrected chi connectivity index (χ2v) is 23.4. The first-order valence-corrected chi connectivity index (χ1v) is 28.6. The van der Waals surface area contributed by atoms with Crippen molar-refractivity contribution in [2.75, 3.05) is 46.2 Å². The Morgan fingerprint density at radius 1 is 0.303 bits per heavy atom. The van der Waals surface area contributed by atoms with E-state index in [1.807, 2.05) is 0 Å². The van der Waals surface area contributed by atoms with Crippen LogP contribution in [-0.2, 0) is 66.3 Å². The fourth-order valence-corrected chi connectivity index (χ4v) is 12.5. The van der Waals surface area contributed by atoms with Crippen LogP contribution in [0.3, 0.4) is 0 Å². The van der Waals surface area contributed by atoms with Gasteiger partial charge in [-0.1, -0.05) is 0 Å². The van der Waals surface area contributed by atoms with E-state index < -0.39 is 297 Å². The Morgan fingerprint density at radius 3 is 0.978 bits per heavy atom. The Kier molecular flexibility index (Phi) is 23.7. The van der Waals surface area contributed by atoms with Crippen LogP contribution in [0.5, 0.6) is 0 Å². The van der Waals surface area contributed by atoms with Crippen LogP contribution in [-0.4, -0.2) is 425 Å². The van der Waals surface area contributed by atoms with E-state index in [2.05, 4.69) is 5.32 Å². The predicted molar refractivity (Wildman–Crippen MR) is 268 cm³/mol. The number of nitrogens with one attached hydrogen (secondary N) is 1. The smallest absolute Gasteiger partial charge is 0.187 e. The Labute approximate surface area is 502 Å². The molecular formula is C49H83NO39. The maximum absolute atomic E-state index is 11.6. The number of ether oxygens (including phenoxy) is 14. The Morgan fingerprint density at radius 2 is 0.607 bits per heavy atom. The number of aliphatic hydroxyl groups is 25. The molecule has 0 radical (unpaired) electrons. The summed E-state index contributed by atoms with van der Waals surface area (Å²) in [5, 5.41) is 271. The summed E-state index contributed by atoms with van der Waals surface area (Å²) >= 11 is 0. The van der Waals surface area contributed by atoms with Gasteiger partial charge in [-0.15, -0.1) is 0 Å². The Balaban J connectivity index is 0.785. The van der Waals surface area contributed by atoms with Crippen molar-refractivity contribution >= 4 is 0 Å². The molecular weight excluding hydrogens is 1230 g/mol. The van der Waals surface area contributed by atoms with Crippen LogP contribution in [0.4, 0.5) is 0 Å². The van der Waals surface area contributed by atoms with Gasteiger partial charge in [0.2, 0.25) is 0 Å². The molecule has 89 heavy (non-hydrogen) atoms. The van der Waals surface area contributed by atoms with E-state index in [0.29, 0.717) is 0 Å². The van der Waals surface area contributed by atoms with Crippen molar-refractivity contribution in [1.82, 2.24) is 5.32 Å². The van der Waals surface area contributed by atoms with E-state index in [0.717, 1.165) is 0 Å². The molecule has 41 unspecified atom stereocenters. The Hall–Kier alpha value is -1.60. The molecule has 9 aliphatic rings. The highest BCUT2D eigenvalue weighted by molar-refractivity contribution is 5.23. The van der Waals surface area contributed by atoms with E-state index in [9.17, 15) is 128 Å². The summed E-state index contributed by atoms with van der Waals surface area (Å²) in [5.74, 6) is 0. The quantitative estimate of drug-likeness (QED) is 0.0475. The van der Waals surface area contributed by atoms with Gasteiger partial charge in [0.15, 0.2) is 44.0 Å². The van der Waals surface area contributed by atoms with Gasteiger partial charge in [0, 0.05) is 0 Å². The lowest BCUT2D eigenvalue weighted by Crippen LogP contribution is -2.71. The molecule has 8 saturated heterocycles. The fourth-order valence-electron chi connectivity index (χ4n) is 12.5. The van der Waals surface area contributed by atoms with Gasteiger partial charge >= 0.3 is 0 Å². The first-order valence-electron chi connectivity index (χ1n) is 28.6. The van der Waals surface area contributed by atoms with Crippen LogP contribution in [0.25, 0.3) is 0 Å². The predicted octanol–water partition coefficient (Wildman–Crippen LogP) is -18.1. The molecule has 1 saturated carbocycles. The van der Waals surface area contributed by atoms with Gasteiger partial charge in [-0.25, -0.2) is 0 Å². The lowest BCUT2D eigenvalue weighted by Gasteiger charge is -2.49. The Bertz CT molecular complexity index is 2220. The zero-order valence-electron chi connectivity index (χ0n) is 46.9. The fraction of sp³-hybridized carbons (Fsp3) is 1.00. The van der Waals surface area contributed by atoms with Crippen molar-refractivity contribution in [3.05, 3.63) is 0 Å². The third kappa shape index (κ3) is 13.6. The SMILES string of the molecule is CC1OC(OC2C(CO)OC(OC3C(CO)OC(OC4C(CO)OC(O)C(O)C4O)C(O)C3O)C(O)C2O)C(O)C(O)C1NC1C(O)C(O)C(OC2OC(CO)C(OC3OC(CO)C(OC4OC(CO)C(O)C(O)C4O)C(O)C3O)C(O)C2O)C2(CO)OC12. The van der Waals surface area contributed by atoms with Gasteiger partial charge in [-0.3, -0.25) is 0 Å². The first-order chi connectivity index (χ1) is 42.2. The standard InChI is InChI=1S/C49H83NO39/c1-9-16(19(59)29(69)43(76-9)83-36-12(4-53)79-46(31(71)23(36)63)86-38-14(6-55)80-45(32(72)25(38)65)84-35-11(3-52)77-42(75)28(68)22(35)62)50-17-20(60)27(67)41(49(8-57)40(17)89-49)88-48-34(74)26(66)39(15(7-56)82-48)87-47-33(73)24(64)37(13(5-54)81-47)85-44-30(70)21(61)18(58)10(2-51)78-44/h9-48,50-75H,2-8H2,1H3. The highest BCUT2D eigenvalue weighted by atomic mass is 16.8. The van der Waals surface area contributed by atoms with Gasteiger partial charge in [0.05, 0.1) is 64.4 Å². The molecule has 518 valence electrons. The van der Waals surface area contributed by atoms with Crippen molar-refractivity contribution in [2.45, 2.75) is 258 Å². The summed E-state index contributed by atoms with van der Waals surface area (Å²) in [5.41, 5.74) is -1.95. The largest absolute Gasteiger partial charge is 0.394 e. The second-order valence-electron chi connectivity index (χ2n) is 23.4. The highest BCUT2D eigenvalue weighted by Crippen LogP contribution is 2.51. The van der Waals surface area contributed by atoms with Crippen molar-refractivity contribution in [3.8, 4) is 0 Å². The number of aliphatic hydroxyl groups excluding tert-OH is 25. The van der Waals surface area contributed by atoms with E-state index >= 15 is 0 Å². The molecule has 41 atom stereocenters. The summed E-state index contributed by atoms with van der Waals surface area (Å²) in [6.07, 6.45) is -71.1. The van der Waals surface area contributed by atoms with E-state index in [1.165, 1.54) is 6.92 Å². The van der Waals surface area contributed by atoms with E-state index in [1.54, 1.807) is 0 Å². The molecule has 40 heteroatoms. The second kappa shape index (κ2) is 29.4. The number of fused-ring (bicyclic) bond motifs is 1. The van der Waals surface area contributed by atoms with E-state index in [4.69, 9.17) is 66.3 Å². The molecule has 40 nitrogen and oxygen atoms in total. The number of epoxide rings is 1. The number of hydrogen-bond acceptors (Lipinski definition) is 40. The van der Waals surface area contributed by atoms with Gasteiger partial charge < -0.3 is 199 Å². The molecule has 0 aromatic heterocycles. The minimum absolute atomic E-state index is 0.844. The normalized spacial score (nSPS) is 55.6. The van der Waals surface area contributed by atoms with Crippen molar-refractivity contribution < 1.29 is 194 Å². The third-order valence-corrected chi connectivity index (χ3v) is 17.8. The summed E-state index contributed by atoms with van der Waals surface area (Å²) in [7, 11) is 0. The van der Waals surface area contributed by atoms with Crippen LogP contribution < -0.4 is 5.32 Å². The van der Waals surface area contributed by atoms with Crippen molar-refractivity contribution in [1.29, 1.82) is 0 Å². The maximum atomic E-state index is 11.6. The summed E-state index contributed by atoms with van der Waals surface area (Å²) in [4.78, 5) is 0. The molecule has 0 aromatic carbocycles. The molecule has 1 aliphatic carbocycles. The molecule has 26 N–H and O–H groups in total. The number of rotatable bonds is 21. The van der Waals surface area contributed by atoms with Crippen molar-refractivity contribution in [2.24, 2.45) is 0 Å². The van der Waals surface area contributed by atoms with E-state index in [-0.39, 0.29) is 0 Å². The molecule has 8 aliphatic heterocycles. The van der Waals surface area contributed by atoms with Gasteiger partial charge in [0.25, 0.3) is 0 Å². The zero-order chi connectivity index (χ0) is 65.2. The molecule has 0 spiro atoms. The van der Waals surface area contributed by atoms with Gasteiger partial charge in [0.1, 0.15) is 189 Å². The maximum Gasteiger partial charge on any atom is 0.187 e. The lowest BCUT2D eigenvalue weighted by molar-refractivity contribution is -0.385. The third-order valence-electron chi connectivity index (χ3n) is 17.8. The van der Waals surface area contributed by atoms with Crippen LogP contribution in [0.15, 0.2) is 0 Å². The molecule has 0 bridgehead atoms. The average Bonchev–Trinajstić information content (AvgIpc) is 1.54. The molecule has 9 rings (SSSR count). The molecule has 0 amide bonds. The highest BCUT2D eigenvalue weighted by Gasteiger charge is 2.74. The lowest BCUT2D eigenvalue weighted by atomic mass is 9.78. The van der Waals surface area contributed by atoms with Crippen LogP contribution >= 0.6 is 0 Å². The minimum atomic E-state index is -2.19. The topological polar surface area (TPSA) is 650 Å². The molecule has 0 aromatic rings. The first kappa shape index (κ1) is 71.7.